The lowest BCUT2D eigenvalue weighted by Crippen LogP contribution is -2.12. The molecule has 28 heavy (non-hydrogen) atoms. The first-order chi connectivity index (χ1) is 13.4. The standard InChI is InChI=1S/C20H14N2O6/c1-10-5-7-27-17(10)16(23)15-13-4-3-12(21-26)9-14(13)22(19(15)24)20(25)18-11(2)6-8-28-18/h3-9,24H,1-2H3. The lowest BCUT2D eigenvalue weighted by atomic mass is 10.0. The fourth-order valence-corrected chi connectivity index (χ4v) is 3.16. The van der Waals surface area contributed by atoms with E-state index in [1.807, 2.05) is 0 Å². The van der Waals surface area contributed by atoms with Gasteiger partial charge in [-0.2, -0.15) is 0 Å². The zero-order valence-corrected chi connectivity index (χ0v) is 14.9. The molecule has 0 aliphatic heterocycles. The second-order valence-electron chi connectivity index (χ2n) is 6.33. The van der Waals surface area contributed by atoms with E-state index in [2.05, 4.69) is 5.18 Å². The van der Waals surface area contributed by atoms with Gasteiger partial charge in [-0.1, -0.05) is 0 Å². The molecule has 1 N–H and O–H groups in total. The summed E-state index contributed by atoms with van der Waals surface area (Å²) in [4.78, 5) is 37.0. The quantitative estimate of drug-likeness (QED) is 0.414. The Bertz CT molecular complexity index is 1260. The highest BCUT2D eigenvalue weighted by molar-refractivity contribution is 6.20. The number of aromatic hydroxyl groups is 1. The van der Waals surface area contributed by atoms with Crippen molar-refractivity contribution in [2.45, 2.75) is 13.8 Å². The molecule has 0 radical (unpaired) electrons. The van der Waals surface area contributed by atoms with Crippen molar-refractivity contribution in [2.24, 2.45) is 5.18 Å². The Morgan fingerprint density at radius 2 is 1.64 bits per heavy atom. The molecule has 0 aliphatic rings. The molecular weight excluding hydrogens is 364 g/mol. The van der Waals surface area contributed by atoms with Crippen LogP contribution in [-0.2, 0) is 0 Å². The molecule has 0 saturated carbocycles. The Kier molecular flexibility index (Phi) is 3.96. The van der Waals surface area contributed by atoms with E-state index in [0.29, 0.717) is 11.1 Å². The normalized spacial score (nSPS) is 11.1. The van der Waals surface area contributed by atoms with E-state index in [1.54, 1.807) is 26.0 Å². The minimum Gasteiger partial charge on any atom is -0.494 e. The summed E-state index contributed by atoms with van der Waals surface area (Å²) in [5, 5.41) is 14.0. The Balaban J connectivity index is 2.02. The van der Waals surface area contributed by atoms with Gasteiger partial charge in [-0.3, -0.25) is 9.59 Å². The third-order valence-electron chi connectivity index (χ3n) is 4.59. The van der Waals surface area contributed by atoms with Gasteiger partial charge in [0.25, 0.3) is 0 Å². The Labute approximate surface area is 158 Å². The van der Waals surface area contributed by atoms with E-state index >= 15 is 0 Å². The predicted octanol–water partition coefficient (Wildman–Crippen LogP) is 4.47. The van der Waals surface area contributed by atoms with E-state index in [0.717, 1.165) is 4.57 Å². The molecule has 8 nitrogen and oxygen atoms in total. The van der Waals surface area contributed by atoms with Crippen molar-refractivity contribution >= 4 is 28.3 Å². The number of furan rings is 2. The molecule has 8 heteroatoms. The van der Waals surface area contributed by atoms with Crippen molar-refractivity contribution in [1.82, 2.24) is 4.57 Å². The molecule has 0 atom stereocenters. The molecule has 140 valence electrons. The Morgan fingerprint density at radius 1 is 1.00 bits per heavy atom. The summed E-state index contributed by atoms with van der Waals surface area (Å²) in [6.07, 6.45) is 2.71. The van der Waals surface area contributed by atoms with Crippen molar-refractivity contribution < 1.29 is 23.5 Å². The summed E-state index contributed by atoms with van der Waals surface area (Å²) in [5.74, 6) is -1.78. The number of nitroso groups, excluding NO2 is 1. The number of carbonyl (C=O) groups is 2. The topological polar surface area (TPSA) is 115 Å². The third kappa shape index (κ3) is 2.46. The van der Waals surface area contributed by atoms with Crippen LogP contribution in [0.3, 0.4) is 0 Å². The van der Waals surface area contributed by atoms with Gasteiger partial charge in [-0.25, -0.2) is 4.57 Å². The van der Waals surface area contributed by atoms with Crippen LogP contribution < -0.4 is 0 Å². The van der Waals surface area contributed by atoms with Crippen LogP contribution in [0, 0.1) is 18.8 Å². The molecule has 4 rings (SSSR count). The molecule has 0 unspecified atom stereocenters. The van der Waals surface area contributed by atoms with Gasteiger partial charge in [0.2, 0.25) is 11.7 Å². The molecule has 0 spiro atoms. The van der Waals surface area contributed by atoms with Gasteiger partial charge in [0.05, 0.1) is 23.6 Å². The number of rotatable bonds is 4. The molecule has 3 heterocycles. The number of ketones is 1. The second kappa shape index (κ2) is 6.34. The van der Waals surface area contributed by atoms with E-state index in [9.17, 15) is 19.6 Å². The molecule has 0 saturated heterocycles. The highest BCUT2D eigenvalue weighted by Gasteiger charge is 2.30. The summed E-state index contributed by atoms with van der Waals surface area (Å²) in [7, 11) is 0. The van der Waals surface area contributed by atoms with Gasteiger partial charge in [0.15, 0.2) is 11.5 Å². The van der Waals surface area contributed by atoms with Gasteiger partial charge in [-0.15, -0.1) is 4.91 Å². The maximum atomic E-state index is 13.0. The number of fused-ring (bicyclic) bond motifs is 1. The maximum absolute atomic E-state index is 13.0. The number of hydrogen-bond donors (Lipinski definition) is 1. The van der Waals surface area contributed by atoms with Crippen LogP contribution in [0.4, 0.5) is 5.69 Å². The molecule has 0 fully saturated rings. The zero-order valence-electron chi connectivity index (χ0n) is 14.9. The third-order valence-corrected chi connectivity index (χ3v) is 4.59. The van der Waals surface area contributed by atoms with E-state index in [1.165, 1.54) is 30.7 Å². The first-order valence-electron chi connectivity index (χ1n) is 8.32. The van der Waals surface area contributed by atoms with E-state index in [4.69, 9.17) is 8.83 Å². The highest BCUT2D eigenvalue weighted by atomic mass is 16.3. The number of benzene rings is 1. The van der Waals surface area contributed by atoms with Crippen LogP contribution in [0.2, 0.25) is 0 Å². The molecule has 0 amide bonds. The summed E-state index contributed by atoms with van der Waals surface area (Å²) in [6, 6.07) is 7.40. The number of aryl methyl sites for hydroxylation is 2. The molecule has 0 aliphatic carbocycles. The van der Waals surface area contributed by atoms with Crippen LogP contribution in [0.1, 0.15) is 37.8 Å². The first-order valence-corrected chi connectivity index (χ1v) is 8.32. The van der Waals surface area contributed by atoms with Crippen LogP contribution in [-0.4, -0.2) is 21.4 Å². The van der Waals surface area contributed by atoms with Crippen molar-refractivity contribution in [3.63, 3.8) is 0 Å². The monoisotopic (exact) mass is 378 g/mol. The zero-order chi connectivity index (χ0) is 20.0. The summed E-state index contributed by atoms with van der Waals surface area (Å²) in [5.41, 5.74) is 1.24. The lowest BCUT2D eigenvalue weighted by Gasteiger charge is -2.05. The Morgan fingerprint density at radius 3 is 2.21 bits per heavy atom. The molecule has 4 aromatic rings. The average Bonchev–Trinajstić information content (AvgIpc) is 3.37. The smallest absolute Gasteiger partial charge is 0.301 e. The van der Waals surface area contributed by atoms with E-state index < -0.39 is 17.6 Å². The van der Waals surface area contributed by atoms with Crippen molar-refractivity contribution in [1.29, 1.82) is 0 Å². The molecule has 3 aromatic heterocycles. The van der Waals surface area contributed by atoms with Crippen molar-refractivity contribution in [2.75, 3.05) is 0 Å². The lowest BCUT2D eigenvalue weighted by molar-refractivity contribution is 0.0927. The molecule has 1 aromatic carbocycles. The fraction of sp³-hybridized carbons (Fsp3) is 0.100. The predicted molar refractivity (Wildman–Crippen MR) is 99.1 cm³/mol. The second-order valence-corrected chi connectivity index (χ2v) is 6.33. The maximum Gasteiger partial charge on any atom is 0.301 e. The molecular formula is C20H14N2O6. The first kappa shape index (κ1) is 17.5. The SMILES string of the molecule is Cc1ccoc1C(=O)c1c(O)n(C(=O)c2occc2C)c2cc(N=O)ccc12. The van der Waals surface area contributed by atoms with Gasteiger partial charge in [-0.05, 0) is 54.9 Å². The van der Waals surface area contributed by atoms with Crippen LogP contribution in [0.25, 0.3) is 10.9 Å². The minimum atomic E-state index is -0.678. The Hall–Kier alpha value is -3.94. The summed E-state index contributed by atoms with van der Waals surface area (Å²) >= 11 is 0. The summed E-state index contributed by atoms with van der Waals surface area (Å²) in [6.45, 7) is 3.37. The van der Waals surface area contributed by atoms with E-state index in [-0.39, 0.29) is 33.7 Å². The number of carbonyl (C=O) groups excluding carboxylic acids is 2. The minimum absolute atomic E-state index is 0.00448. The fourth-order valence-electron chi connectivity index (χ4n) is 3.16. The van der Waals surface area contributed by atoms with Gasteiger partial charge in [0, 0.05) is 10.9 Å². The largest absolute Gasteiger partial charge is 0.494 e. The average molecular weight is 378 g/mol. The summed E-state index contributed by atoms with van der Waals surface area (Å²) < 4.78 is 11.4. The van der Waals surface area contributed by atoms with Gasteiger partial charge >= 0.3 is 5.91 Å². The highest BCUT2D eigenvalue weighted by Crippen LogP contribution is 2.36. The van der Waals surface area contributed by atoms with Crippen molar-refractivity contribution in [3.8, 4) is 5.88 Å². The van der Waals surface area contributed by atoms with Gasteiger partial charge in [0.1, 0.15) is 5.69 Å². The van der Waals surface area contributed by atoms with Crippen LogP contribution in [0.15, 0.2) is 56.9 Å². The van der Waals surface area contributed by atoms with Gasteiger partial charge < -0.3 is 13.9 Å². The van der Waals surface area contributed by atoms with Crippen molar-refractivity contribution in [3.05, 3.63) is 76.0 Å². The number of nitrogens with zero attached hydrogens (tertiary/aromatic N) is 2. The number of aromatic nitrogens is 1. The van der Waals surface area contributed by atoms with Crippen LogP contribution in [0.5, 0.6) is 5.88 Å². The molecule has 0 bridgehead atoms. The number of hydrogen-bond acceptors (Lipinski definition) is 7. The van der Waals surface area contributed by atoms with Crippen LogP contribution >= 0.6 is 0 Å².